The molecule has 4 rings (SSSR count). The molecule has 1 saturated carbocycles. The molecule has 2 aromatic carbocycles. The van der Waals surface area contributed by atoms with Crippen LogP contribution in [0.3, 0.4) is 0 Å². The van der Waals surface area contributed by atoms with Crippen LogP contribution in [-0.2, 0) is 14.8 Å². The van der Waals surface area contributed by atoms with Gasteiger partial charge in [0.25, 0.3) is 0 Å². The maximum Gasteiger partial charge on any atom is 0.247 e. The summed E-state index contributed by atoms with van der Waals surface area (Å²) >= 11 is 0. The van der Waals surface area contributed by atoms with Crippen LogP contribution in [0.15, 0.2) is 41.3 Å². The van der Waals surface area contributed by atoms with Gasteiger partial charge in [0.1, 0.15) is 11.9 Å². The zero-order chi connectivity index (χ0) is 21.5. The van der Waals surface area contributed by atoms with Crippen LogP contribution < -0.4 is 15.8 Å². The van der Waals surface area contributed by atoms with Crippen molar-refractivity contribution in [1.82, 2.24) is 0 Å². The second-order valence-electron chi connectivity index (χ2n) is 8.26. The van der Waals surface area contributed by atoms with Crippen molar-refractivity contribution in [3.63, 3.8) is 0 Å². The number of nitrogens with two attached hydrogens (primary N) is 1. The van der Waals surface area contributed by atoms with Gasteiger partial charge in [-0.2, -0.15) is 0 Å². The maximum absolute atomic E-state index is 14.9. The molecule has 2 aliphatic rings. The third kappa shape index (κ3) is 3.94. The van der Waals surface area contributed by atoms with Crippen molar-refractivity contribution in [1.29, 1.82) is 0 Å². The minimum absolute atomic E-state index is 0.0753. The Morgan fingerprint density at radius 1 is 1.17 bits per heavy atom. The van der Waals surface area contributed by atoms with Crippen molar-refractivity contribution in [2.45, 2.75) is 55.9 Å². The summed E-state index contributed by atoms with van der Waals surface area (Å²) in [5, 5.41) is 11.3. The zero-order valence-corrected chi connectivity index (χ0v) is 17.6. The summed E-state index contributed by atoms with van der Waals surface area (Å²) in [5.74, 6) is -0.644. The lowest BCUT2D eigenvalue weighted by Crippen LogP contribution is -2.39. The number of halogens is 1. The maximum atomic E-state index is 14.9. The van der Waals surface area contributed by atoms with Gasteiger partial charge in [-0.3, -0.25) is 4.79 Å². The Morgan fingerprint density at radius 3 is 2.60 bits per heavy atom. The van der Waals surface area contributed by atoms with Gasteiger partial charge in [-0.05, 0) is 55.5 Å². The number of amides is 1. The summed E-state index contributed by atoms with van der Waals surface area (Å²) in [4.78, 5) is 13.2. The van der Waals surface area contributed by atoms with Crippen molar-refractivity contribution >= 4 is 27.3 Å². The molecule has 160 valence electrons. The normalized spacial score (nSPS) is 21.7. The molecule has 4 N–H and O–H groups in total. The molecular weight excluding hydrogens is 405 g/mol. The molecule has 2 unspecified atom stereocenters. The average Bonchev–Trinajstić information content (AvgIpc) is 3.13. The number of carbonyl (C=O) groups excluding carboxylic acids is 1. The Morgan fingerprint density at radius 2 is 1.90 bits per heavy atom. The van der Waals surface area contributed by atoms with Gasteiger partial charge in [0, 0.05) is 22.9 Å². The van der Waals surface area contributed by atoms with Gasteiger partial charge < -0.3 is 10.6 Å². The molecule has 30 heavy (non-hydrogen) atoms. The fraction of sp³-hybridized carbons (Fsp3) is 0.409. The summed E-state index contributed by atoms with van der Waals surface area (Å²) < 4.78 is 38.1. The number of primary sulfonamides is 1. The van der Waals surface area contributed by atoms with Crippen LogP contribution in [-0.4, -0.2) is 20.4 Å². The van der Waals surface area contributed by atoms with Crippen LogP contribution in [0.2, 0.25) is 0 Å². The lowest BCUT2D eigenvalue weighted by molar-refractivity contribution is -0.117. The van der Waals surface area contributed by atoms with Crippen LogP contribution in [0.4, 0.5) is 15.8 Å². The van der Waals surface area contributed by atoms with E-state index in [1.165, 1.54) is 24.3 Å². The van der Waals surface area contributed by atoms with Gasteiger partial charge >= 0.3 is 0 Å². The van der Waals surface area contributed by atoms with Crippen molar-refractivity contribution in [3.05, 3.63) is 53.3 Å². The van der Waals surface area contributed by atoms with E-state index >= 15 is 0 Å². The first-order chi connectivity index (χ1) is 14.3. The van der Waals surface area contributed by atoms with Crippen molar-refractivity contribution in [3.8, 4) is 0 Å². The van der Waals surface area contributed by atoms with Crippen molar-refractivity contribution in [2.75, 3.05) is 10.6 Å². The van der Waals surface area contributed by atoms with Crippen LogP contribution >= 0.6 is 0 Å². The molecule has 1 aliphatic carbocycles. The number of hydrogen-bond donors (Lipinski definition) is 3. The number of carbonyl (C=O) groups is 1. The predicted octanol–water partition coefficient (Wildman–Crippen LogP) is 3.88. The standard InChI is InChI=1S/C22H26FN3O3S/c1-13-10-11-17(23)19-18(14-6-3-2-4-7-14)21(26-20(13)19)22(27)25-15-8-5-9-16(12-15)30(24,28)29/h5,8-12,14,18,21,26H,2-4,6-7H2,1H3,(H,25,27)(H2,24,28,29). The SMILES string of the molecule is Cc1ccc(F)c2c1NC(C(=O)Nc1cccc(S(N)(=O)=O)c1)C2C1CCCCC1. The van der Waals surface area contributed by atoms with Gasteiger partial charge in [-0.25, -0.2) is 17.9 Å². The lowest BCUT2D eigenvalue weighted by atomic mass is 9.74. The quantitative estimate of drug-likeness (QED) is 0.684. The fourth-order valence-electron chi connectivity index (χ4n) is 4.83. The number of aryl methyl sites for hydroxylation is 1. The highest BCUT2D eigenvalue weighted by Crippen LogP contribution is 2.48. The second-order valence-corrected chi connectivity index (χ2v) is 9.82. The fourth-order valence-corrected chi connectivity index (χ4v) is 5.39. The number of fused-ring (bicyclic) bond motifs is 1. The monoisotopic (exact) mass is 431 g/mol. The van der Waals surface area contributed by atoms with E-state index in [0.29, 0.717) is 16.9 Å². The molecule has 2 aromatic rings. The Labute approximate surface area is 176 Å². The number of nitrogens with one attached hydrogen (secondary N) is 2. The highest BCUT2D eigenvalue weighted by Gasteiger charge is 2.44. The van der Waals surface area contributed by atoms with E-state index in [1.807, 2.05) is 6.92 Å². The van der Waals surface area contributed by atoms with E-state index in [2.05, 4.69) is 10.6 Å². The molecule has 2 atom stereocenters. The van der Waals surface area contributed by atoms with Gasteiger partial charge in [0.15, 0.2) is 0 Å². The summed E-state index contributed by atoms with van der Waals surface area (Å²) in [5.41, 5.74) is 2.53. The summed E-state index contributed by atoms with van der Waals surface area (Å²) in [6.45, 7) is 1.90. The minimum Gasteiger partial charge on any atom is -0.373 e. The molecule has 1 amide bonds. The largest absolute Gasteiger partial charge is 0.373 e. The van der Waals surface area contributed by atoms with E-state index in [0.717, 1.165) is 37.7 Å². The smallest absolute Gasteiger partial charge is 0.247 e. The number of benzene rings is 2. The van der Waals surface area contributed by atoms with E-state index in [1.54, 1.807) is 12.1 Å². The average molecular weight is 432 g/mol. The first-order valence-electron chi connectivity index (χ1n) is 10.2. The molecule has 1 fully saturated rings. The number of rotatable bonds is 4. The van der Waals surface area contributed by atoms with Crippen molar-refractivity contribution in [2.24, 2.45) is 11.1 Å². The topological polar surface area (TPSA) is 101 Å². The Hall–Kier alpha value is -2.45. The lowest BCUT2D eigenvalue weighted by Gasteiger charge is -2.31. The van der Waals surface area contributed by atoms with E-state index in [4.69, 9.17) is 5.14 Å². The summed E-state index contributed by atoms with van der Waals surface area (Å²) in [6.07, 6.45) is 5.24. The first-order valence-corrected chi connectivity index (χ1v) is 11.8. The molecule has 0 spiro atoms. The molecule has 0 saturated heterocycles. The van der Waals surface area contributed by atoms with E-state index in [-0.39, 0.29) is 28.5 Å². The molecule has 1 heterocycles. The molecular formula is C22H26FN3O3S. The number of hydrogen-bond acceptors (Lipinski definition) is 4. The minimum atomic E-state index is -3.88. The number of anilines is 2. The van der Waals surface area contributed by atoms with Gasteiger partial charge in [-0.1, -0.05) is 31.4 Å². The van der Waals surface area contributed by atoms with Gasteiger partial charge in [0.2, 0.25) is 15.9 Å². The Bertz CT molecular complexity index is 1080. The predicted molar refractivity (Wildman–Crippen MR) is 114 cm³/mol. The summed E-state index contributed by atoms with van der Waals surface area (Å²) in [6, 6.07) is 8.40. The van der Waals surface area contributed by atoms with Gasteiger partial charge in [0.05, 0.1) is 4.90 Å². The third-order valence-electron chi connectivity index (χ3n) is 6.26. The molecule has 0 radical (unpaired) electrons. The van der Waals surface area contributed by atoms with E-state index in [9.17, 15) is 17.6 Å². The Balaban J connectivity index is 1.66. The second kappa shape index (κ2) is 8.00. The zero-order valence-electron chi connectivity index (χ0n) is 16.8. The van der Waals surface area contributed by atoms with E-state index < -0.39 is 16.1 Å². The van der Waals surface area contributed by atoms with Crippen LogP contribution in [0.1, 0.15) is 49.1 Å². The first kappa shape index (κ1) is 20.8. The van der Waals surface area contributed by atoms with Gasteiger partial charge in [-0.15, -0.1) is 0 Å². The third-order valence-corrected chi connectivity index (χ3v) is 7.17. The molecule has 0 aromatic heterocycles. The molecule has 0 bridgehead atoms. The molecule has 6 nitrogen and oxygen atoms in total. The van der Waals surface area contributed by atoms with Crippen LogP contribution in [0, 0.1) is 18.7 Å². The highest BCUT2D eigenvalue weighted by atomic mass is 32.2. The van der Waals surface area contributed by atoms with Crippen molar-refractivity contribution < 1.29 is 17.6 Å². The van der Waals surface area contributed by atoms with Crippen LogP contribution in [0.25, 0.3) is 0 Å². The molecule has 8 heteroatoms. The Kier molecular flexibility index (Phi) is 5.55. The number of sulfonamides is 1. The van der Waals surface area contributed by atoms with Crippen LogP contribution in [0.5, 0.6) is 0 Å². The summed E-state index contributed by atoms with van der Waals surface area (Å²) in [7, 11) is -3.88. The highest BCUT2D eigenvalue weighted by molar-refractivity contribution is 7.89. The molecule has 1 aliphatic heterocycles.